The van der Waals surface area contributed by atoms with Gasteiger partial charge in [-0.1, -0.05) is 54.2 Å². The Morgan fingerprint density at radius 2 is 1.86 bits per heavy atom. The highest BCUT2D eigenvalue weighted by atomic mass is 32.2. The molecule has 2 heterocycles. The van der Waals surface area contributed by atoms with Crippen LogP contribution in [0.25, 0.3) is 16.8 Å². The second-order valence-electron chi connectivity index (χ2n) is 6.31. The summed E-state index contributed by atoms with van der Waals surface area (Å²) in [6.45, 7) is 1.95. The molecule has 0 aliphatic heterocycles. The Bertz CT molecular complexity index is 1140. The van der Waals surface area contributed by atoms with Crippen molar-refractivity contribution in [2.24, 2.45) is 0 Å². The molecule has 0 unspecified atom stereocenters. The molecule has 0 saturated heterocycles. The molecule has 0 saturated carbocycles. The summed E-state index contributed by atoms with van der Waals surface area (Å²) >= 11 is 1.45. The van der Waals surface area contributed by atoms with Gasteiger partial charge in [0.05, 0.1) is 24.6 Å². The molecule has 6 heteroatoms. The molecule has 0 amide bonds. The van der Waals surface area contributed by atoms with E-state index in [0.29, 0.717) is 17.1 Å². The number of aromatic nitrogens is 3. The van der Waals surface area contributed by atoms with Crippen molar-refractivity contribution in [1.82, 2.24) is 14.6 Å². The van der Waals surface area contributed by atoms with E-state index >= 15 is 0 Å². The Labute approximate surface area is 167 Å². The van der Waals surface area contributed by atoms with Crippen LogP contribution in [-0.2, 0) is 0 Å². The van der Waals surface area contributed by atoms with Gasteiger partial charge in [0.1, 0.15) is 10.8 Å². The van der Waals surface area contributed by atoms with Crippen LogP contribution in [0.15, 0.2) is 71.9 Å². The van der Waals surface area contributed by atoms with E-state index in [1.165, 1.54) is 11.8 Å². The normalized spacial score (nSPS) is 10.9. The molecule has 0 aliphatic carbocycles. The van der Waals surface area contributed by atoms with Gasteiger partial charge in [-0.05, 0) is 30.7 Å². The molecule has 0 spiro atoms. The van der Waals surface area contributed by atoms with Gasteiger partial charge in [-0.15, -0.1) is 0 Å². The summed E-state index contributed by atoms with van der Waals surface area (Å²) in [7, 11) is 1.57. The summed E-state index contributed by atoms with van der Waals surface area (Å²) in [5.41, 5.74) is 4.31. The topological polar surface area (TPSA) is 56.5 Å². The van der Waals surface area contributed by atoms with Gasteiger partial charge in [0, 0.05) is 11.3 Å². The van der Waals surface area contributed by atoms with E-state index in [1.807, 2.05) is 61.7 Å². The predicted molar refractivity (Wildman–Crippen MR) is 111 cm³/mol. The quantitative estimate of drug-likeness (QED) is 0.272. The van der Waals surface area contributed by atoms with Crippen LogP contribution in [-0.4, -0.2) is 33.2 Å². The zero-order chi connectivity index (χ0) is 19.5. The predicted octanol–water partition coefficient (Wildman–Crippen LogP) is 4.69. The van der Waals surface area contributed by atoms with E-state index in [-0.39, 0.29) is 5.78 Å². The number of hydrogen-bond donors (Lipinski definition) is 0. The molecule has 4 rings (SSSR count). The summed E-state index contributed by atoms with van der Waals surface area (Å²) in [6.07, 6.45) is 1.82. The standard InChI is InChI=1S/C22H19N3O2S/c1-15-12-21(28-14-19(26)17-10-6-7-11-20(17)27-2)25-22(24-15)18(13-23-25)16-8-4-3-5-9-16/h3-13H,14H2,1-2H3. The van der Waals surface area contributed by atoms with E-state index in [2.05, 4.69) is 10.1 Å². The van der Waals surface area contributed by atoms with Gasteiger partial charge in [-0.25, -0.2) is 9.50 Å². The van der Waals surface area contributed by atoms with Gasteiger partial charge >= 0.3 is 0 Å². The van der Waals surface area contributed by atoms with Crippen molar-refractivity contribution in [3.63, 3.8) is 0 Å². The largest absolute Gasteiger partial charge is 0.496 e. The first-order valence-electron chi connectivity index (χ1n) is 8.87. The zero-order valence-electron chi connectivity index (χ0n) is 15.6. The molecule has 4 aromatic rings. The van der Waals surface area contributed by atoms with Crippen molar-refractivity contribution in [3.05, 3.63) is 78.1 Å². The van der Waals surface area contributed by atoms with E-state index in [0.717, 1.165) is 27.5 Å². The van der Waals surface area contributed by atoms with E-state index in [4.69, 9.17) is 4.74 Å². The number of carbonyl (C=O) groups excluding carboxylic acids is 1. The number of ketones is 1. The van der Waals surface area contributed by atoms with Gasteiger partial charge in [0.2, 0.25) is 0 Å². The van der Waals surface area contributed by atoms with Crippen molar-refractivity contribution in [2.45, 2.75) is 11.9 Å². The molecule has 140 valence electrons. The molecule has 0 N–H and O–H groups in total. The van der Waals surface area contributed by atoms with E-state index < -0.39 is 0 Å². The highest BCUT2D eigenvalue weighted by Gasteiger charge is 2.16. The lowest BCUT2D eigenvalue weighted by molar-refractivity contribution is 0.101. The van der Waals surface area contributed by atoms with Crippen LogP contribution >= 0.6 is 11.8 Å². The summed E-state index contributed by atoms with van der Waals surface area (Å²) in [6, 6.07) is 19.3. The number of thioether (sulfide) groups is 1. The van der Waals surface area contributed by atoms with Crippen molar-refractivity contribution in [3.8, 4) is 16.9 Å². The van der Waals surface area contributed by atoms with Gasteiger partial charge < -0.3 is 4.74 Å². The number of fused-ring (bicyclic) bond motifs is 1. The monoisotopic (exact) mass is 389 g/mol. The van der Waals surface area contributed by atoms with Crippen molar-refractivity contribution in [1.29, 1.82) is 0 Å². The van der Waals surface area contributed by atoms with Gasteiger partial charge in [0.15, 0.2) is 11.4 Å². The zero-order valence-corrected chi connectivity index (χ0v) is 16.4. The minimum Gasteiger partial charge on any atom is -0.496 e. The van der Waals surface area contributed by atoms with Crippen molar-refractivity contribution >= 4 is 23.2 Å². The molecule has 0 bridgehead atoms. The fourth-order valence-corrected chi connectivity index (χ4v) is 4.01. The Morgan fingerprint density at radius 1 is 1.11 bits per heavy atom. The van der Waals surface area contributed by atoms with E-state index in [9.17, 15) is 4.79 Å². The third-order valence-corrected chi connectivity index (χ3v) is 5.40. The maximum absolute atomic E-state index is 12.7. The van der Waals surface area contributed by atoms with Crippen molar-refractivity contribution in [2.75, 3.05) is 12.9 Å². The molecule has 0 aliphatic rings. The number of para-hydroxylation sites is 1. The van der Waals surface area contributed by atoms with Gasteiger partial charge in [0.25, 0.3) is 0 Å². The SMILES string of the molecule is COc1ccccc1C(=O)CSc1cc(C)nc2c(-c3ccccc3)cnn12. The molecule has 0 radical (unpaired) electrons. The molecule has 5 nitrogen and oxygen atoms in total. The maximum Gasteiger partial charge on any atom is 0.176 e. The molecule has 2 aromatic carbocycles. The second kappa shape index (κ2) is 7.86. The number of nitrogens with zero attached hydrogens (tertiary/aromatic N) is 3. The summed E-state index contributed by atoms with van der Waals surface area (Å²) in [4.78, 5) is 17.4. The first kappa shape index (κ1) is 18.3. The number of benzene rings is 2. The average molecular weight is 389 g/mol. The fraction of sp³-hybridized carbons (Fsp3) is 0.136. The van der Waals surface area contributed by atoms with Crippen LogP contribution in [0.3, 0.4) is 0 Å². The number of Topliss-reactive ketones (excluding diaryl/α,β-unsaturated/α-hetero) is 1. The Kier molecular flexibility index (Phi) is 5.12. The number of ether oxygens (including phenoxy) is 1. The lowest BCUT2D eigenvalue weighted by Crippen LogP contribution is -2.06. The number of aryl methyl sites for hydroxylation is 1. The van der Waals surface area contributed by atoms with Gasteiger partial charge in [-0.2, -0.15) is 5.10 Å². The van der Waals surface area contributed by atoms with Crippen LogP contribution in [0, 0.1) is 6.92 Å². The first-order valence-corrected chi connectivity index (χ1v) is 9.86. The minimum atomic E-state index is 0.0144. The Morgan fingerprint density at radius 3 is 2.64 bits per heavy atom. The number of methoxy groups -OCH3 is 1. The highest BCUT2D eigenvalue weighted by Crippen LogP contribution is 2.28. The fourth-order valence-electron chi connectivity index (χ4n) is 3.07. The van der Waals surface area contributed by atoms with Crippen LogP contribution in [0.4, 0.5) is 0 Å². The third kappa shape index (κ3) is 3.51. The van der Waals surface area contributed by atoms with Gasteiger partial charge in [-0.3, -0.25) is 4.79 Å². The lowest BCUT2D eigenvalue weighted by Gasteiger charge is -2.09. The second-order valence-corrected chi connectivity index (χ2v) is 7.30. The summed E-state index contributed by atoms with van der Waals surface area (Å²) in [5, 5.41) is 5.40. The smallest absolute Gasteiger partial charge is 0.176 e. The minimum absolute atomic E-state index is 0.0144. The molecule has 0 fully saturated rings. The maximum atomic E-state index is 12.7. The van der Waals surface area contributed by atoms with E-state index in [1.54, 1.807) is 23.8 Å². The molecular formula is C22H19N3O2S. The first-order chi connectivity index (χ1) is 13.7. The van der Waals surface area contributed by atoms with Crippen LogP contribution < -0.4 is 4.74 Å². The number of rotatable bonds is 6. The van der Waals surface area contributed by atoms with Crippen LogP contribution in [0.5, 0.6) is 5.75 Å². The van der Waals surface area contributed by atoms with Crippen LogP contribution in [0.2, 0.25) is 0 Å². The number of carbonyl (C=O) groups is 1. The molecule has 28 heavy (non-hydrogen) atoms. The third-order valence-electron chi connectivity index (χ3n) is 4.41. The molecule has 2 aromatic heterocycles. The highest BCUT2D eigenvalue weighted by molar-refractivity contribution is 7.99. The van der Waals surface area contributed by atoms with Crippen molar-refractivity contribution < 1.29 is 9.53 Å². The van der Waals surface area contributed by atoms with Crippen LogP contribution in [0.1, 0.15) is 16.1 Å². The Hall–Kier alpha value is -3.12. The average Bonchev–Trinajstić information content (AvgIpc) is 3.16. The number of hydrogen-bond acceptors (Lipinski definition) is 5. The summed E-state index contributed by atoms with van der Waals surface area (Å²) in [5.74, 6) is 0.898. The molecule has 0 atom stereocenters. The summed E-state index contributed by atoms with van der Waals surface area (Å²) < 4.78 is 7.10. The molecular weight excluding hydrogens is 370 g/mol. The Balaban J connectivity index is 1.64. The lowest BCUT2D eigenvalue weighted by atomic mass is 10.1.